The van der Waals surface area contributed by atoms with Crippen LogP contribution < -0.4 is 5.32 Å². The molecule has 0 spiro atoms. The van der Waals surface area contributed by atoms with Crippen LogP contribution in [-0.2, 0) is 14.6 Å². The van der Waals surface area contributed by atoms with Gasteiger partial charge in [-0.3, -0.25) is 4.79 Å². The summed E-state index contributed by atoms with van der Waals surface area (Å²) >= 11 is 1.56. The van der Waals surface area contributed by atoms with Crippen LogP contribution in [0, 0.1) is 5.92 Å². The van der Waals surface area contributed by atoms with Crippen molar-refractivity contribution < 1.29 is 13.2 Å². The predicted molar refractivity (Wildman–Crippen MR) is 69.8 cm³/mol. The molecule has 0 fully saturated rings. The molecule has 1 aromatic heterocycles. The number of sulfone groups is 1. The summed E-state index contributed by atoms with van der Waals surface area (Å²) in [4.78, 5) is 12.6. The molecule has 0 aliphatic rings. The van der Waals surface area contributed by atoms with E-state index in [1.54, 1.807) is 11.3 Å². The van der Waals surface area contributed by atoms with Crippen molar-refractivity contribution in [3.63, 3.8) is 0 Å². The Labute approximate surface area is 106 Å². The Morgan fingerprint density at radius 3 is 2.53 bits per heavy atom. The number of carbonyl (C=O) groups excluding carboxylic acids is 1. The highest BCUT2D eigenvalue weighted by Crippen LogP contribution is 2.25. The number of hydrogen-bond acceptors (Lipinski definition) is 4. The minimum Gasteiger partial charge on any atom is -0.347 e. The van der Waals surface area contributed by atoms with Crippen molar-refractivity contribution in [3.8, 4) is 0 Å². The first-order chi connectivity index (χ1) is 7.79. The van der Waals surface area contributed by atoms with Gasteiger partial charge in [0, 0.05) is 11.1 Å². The molecular formula is C11H17NO3S2. The first-order valence-electron chi connectivity index (χ1n) is 5.30. The van der Waals surface area contributed by atoms with Crippen molar-refractivity contribution >= 4 is 27.1 Å². The molecule has 0 saturated heterocycles. The molecule has 17 heavy (non-hydrogen) atoms. The van der Waals surface area contributed by atoms with Crippen molar-refractivity contribution in [3.05, 3.63) is 22.4 Å². The zero-order valence-corrected chi connectivity index (χ0v) is 11.8. The number of rotatable bonds is 5. The molecule has 96 valence electrons. The fourth-order valence-electron chi connectivity index (χ4n) is 1.49. The highest BCUT2D eigenvalue weighted by Gasteiger charge is 2.21. The van der Waals surface area contributed by atoms with Crippen LogP contribution in [-0.4, -0.2) is 26.3 Å². The van der Waals surface area contributed by atoms with Crippen LogP contribution in [0.3, 0.4) is 0 Å². The summed E-state index contributed by atoms with van der Waals surface area (Å²) in [6.45, 7) is 3.98. The molecule has 1 N–H and O–H groups in total. The maximum Gasteiger partial charge on any atom is 0.235 e. The van der Waals surface area contributed by atoms with Gasteiger partial charge in [-0.25, -0.2) is 8.42 Å². The Morgan fingerprint density at radius 2 is 2.12 bits per heavy atom. The molecule has 0 bridgehead atoms. The van der Waals surface area contributed by atoms with E-state index in [1.165, 1.54) is 0 Å². The fraction of sp³-hybridized carbons (Fsp3) is 0.545. The molecule has 6 heteroatoms. The van der Waals surface area contributed by atoms with Gasteiger partial charge in [0.2, 0.25) is 5.91 Å². The number of carbonyl (C=O) groups is 1. The third-order valence-corrected chi connectivity index (χ3v) is 3.97. The topological polar surface area (TPSA) is 63.2 Å². The molecule has 1 unspecified atom stereocenters. The van der Waals surface area contributed by atoms with Crippen LogP contribution in [0.2, 0.25) is 0 Å². The molecule has 1 amide bonds. The van der Waals surface area contributed by atoms with Crippen LogP contribution in [0.25, 0.3) is 0 Å². The lowest BCUT2D eigenvalue weighted by Crippen LogP contribution is -2.35. The Hall–Kier alpha value is -0.880. The molecule has 1 atom stereocenters. The van der Waals surface area contributed by atoms with Gasteiger partial charge in [-0.2, -0.15) is 0 Å². The second-order valence-corrected chi connectivity index (χ2v) is 7.49. The van der Waals surface area contributed by atoms with Crippen LogP contribution in [0.15, 0.2) is 17.5 Å². The Morgan fingerprint density at radius 1 is 1.47 bits per heavy atom. The lowest BCUT2D eigenvalue weighted by Gasteiger charge is -2.21. The van der Waals surface area contributed by atoms with E-state index in [4.69, 9.17) is 0 Å². The van der Waals surface area contributed by atoms with Gasteiger partial charge in [-0.05, 0) is 17.4 Å². The largest absolute Gasteiger partial charge is 0.347 e. The van der Waals surface area contributed by atoms with Crippen molar-refractivity contribution in [2.45, 2.75) is 19.9 Å². The zero-order valence-electron chi connectivity index (χ0n) is 10.1. The molecule has 0 radical (unpaired) electrons. The second kappa shape index (κ2) is 5.64. The van der Waals surface area contributed by atoms with E-state index >= 15 is 0 Å². The summed E-state index contributed by atoms with van der Waals surface area (Å²) in [7, 11) is -3.27. The smallest absolute Gasteiger partial charge is 0.235 e. The second-order valence-electron chi connectivity index (χ2n) is 4.37. The van der Waals surface area contributed by atoms with Crippen molar-refractivity contribution in [1.29, 1.82) is 0 Å². The first-order valence-corrected chi connectivity index (χ1v) is 8.24. The maximum atomic E-state index is 11.6. The molecule has 0 aromatic carbocycles. The average Bonchev–Trinajstić information content (AvgIpc) is 2.63. The van der Waals surface area contributed by atoms with Gasteiger partial charge in [-0.15, -0.1) is 11.3 Å². The predicted octanol–water partition coefficient (Wildman–Crippen LogP) is 1.61. The van der Waals surface area contributed by atoms with Crippen molar-refractivity contribution in [2.75, 3.05) is 12.0 Å². The van der Waals surface area contributed by atoms with Crippen LogP contribution in [0.1, 0.15) is 24.8 Å². The zero-order chi connectivity index (χ0) is 13.1. The molecular weight excluding hydrogens is 258 g/mol. The summed E-state index contributed by atoms with van der Waals surface area (Å²) in [6, 6.07) is 3.73. The van der Waals surface area contributed by atoms with Gasteiger partial charge < -0.3 is 5.32 Å². The minimum absolute atomic E-state index is 0.121. The van der Waals surface area contributed by atoms with Gasteiger partial charge in [-0.1, -0.05) is 19.9 Å². The van der Waals surface area contributed by atoms with Gasteiger partial charge in [0.15, 0.2) is 9.84 Å². The highest BCUT2D eigenvalue weighted by molar-refractivity contribution is 7.91. The SMILES string of the molecule is CC(C)C(NC(=O)CS(C)(=O)=O)c1cccs1. The molecule has 1 heterocycles. The number of thiophene rings is 1. The van der Waals surface area contributed by atoms with Gasteiger partial charge in [0.1, 0.15) is 5.75 Å². The Kier molecular flexibility index (Phi) is 4.70. The van der Waals surface area contributed by atoms with E-state index in [0.29, 0.717) is 0 Å². The third-order valence-electron chi connectivity index (χ3n) is 2.23. The summed E-state index contributed by atoms with van der Waals surface area (Å²) in [5.74, 6) is -0.682. The molecule has 1 rings (SSSR count). The molecule has 1 aromatic rings. The Balaban J connectivity index is 2.72. The van der Waals surface area contributed by atoms with E-state index in [2.05, 4.69) is 5.32 Å². The Bertz CT molecular complexity index is 463. The van der Waals surface area contributed by atoms with Gasteiger partial charge in [0.05, 0.1) is 6.04 Å². The summed E-state index contributed by atoms with van der Waals surface area (Å²) in [5.41, 5.74) is 0. The average molecular weight is 275 g/mol. The monoisotopic (exact) mass is 275 g/mol. The summed E-state index contributed by atoms with van der Waals surface area (Å²) in [6.07, 6.45) is 1.06. The molecule has 0 saturated carbocycles. The van der Waals surface area contributed by atoms with E-state index in [-0.39, 0.29) is 12.0 Å². The van der Waals surface area contributed by atoms with Gasteiger partial charge >= 0.3 is 0 Å². The fourth-order valence-corrected chi connectivity index (χ4v) is 3.00. The van der Waals surface area contributed by atoms with Crippen LogP contribution >= 0.6 is 11.3 Å². The highest BCUT2D eigenvalue weighted by atomic mass is 32.2. The standard InChI is InChI=1S/C11H17NO3S2/c1-8(2)11(9-5-4-6-16-9)12-10(13)7-17(3,14)15/h4-6,8,11H,7H2,1-3H3,(H,12,13). The summed E-state index contributed by atoms with van der Waals surface area (Å²) < 4.78 is 22.0. The molecule has 4 nitrogen and oxygen atoms in total. The number of amides is 1. The normalized spacial score (nSPS) is 13.6. The molecule has 0 aliphatic heterocycles. The van der Waals surface area contributed by atoms with E-state index in [9.17, 15) is 13.2 Å². The first kappa shape index (κ1) is 14.2. The van der Waals surface area contributed by atoms with E-state index < -0.39 is 21.5 Å². The van der Waals surface area contributed by atoms with E-state index in [1.807, 2.05) is 31.4 Å². The van der Waals surface area contributed by atoms with Crippen molar-refractivity contribution in [2.24, 2.45) is 5.92 Å². The van der Waals surface area contributed by atoms with Crippen molar-refractivity contribution in [1.82, 2.24) is 5.32 Å². The lowest BCUT2D eigenvalue weighted by molar-refractivity contribution is -0.119. The third kappa shape index (κ3) is 4.87. The number of nitrogens with one attached hydrogen (secondary N) is 1. The van der Waals surface area contributed by atoms with Gasteiger partial charge in [0.25, 0.3) is 0 Å². The maximum absolute atomic E-state index is 11.6. The quantitative estimate of drug-likeness (QED) is 0.888. The summed E-state index contributed by atoms with van der Waals surface area (Å²) in [5, 5.41) is 4.71. The van der Waals surface area contributed by atoms with Crippen LogP contribution in [0.5, 0.6) is 0 Å². The number of hydrogen-bond donors (Lipinski definition) is 1. The van der Waals surface area contributed by atoms with E-state index in [0.717, 1.165) is 11.1 Å². The van der Waals surface area contributed by atoms with Crippen LogP contribution in [0.4, 0.5) is 0 Å². The molecule has 0 aliphatic carbocycles. The lowest BCUT2D eigenvalue weighted by atomic mass is 10.0. The minimum atomic E-state index is -3.27.